The molecule has 100 valence electrons. The fourth-order valence-electron chi connectivity index (χ4n) is 2.59. The van der Waals surface area contributed by atoms with Crippen molar-refractivity contribution < 1.29 is 0 Å². The Balaban J connectivity index is 1.94. The van der Waals surface area contributed by atoms with E-state index in [0.29, 0.717) is 6.04 Å². The van der Waals surface area contributed by atoms with Gasteiger partial charge in [-0.3, -0.25) is 4.90 Å². The maximum absolute atomic E-state index is 3.58. The first kappa shape index (κ1) is 14.0. The molecule has 1 aliphatic heterocycles. The lowest BCUT2D eigenvalue weighted by atomic mass is 10.1. The summed E-state index contributed by atoms with van der Waals surface area (Å²) >= 11 is 3.56. The Morgan fingerprint density at radius 3 is 2.89 bits per heavy atom. The van der Waals surface area contributed by atoms with Gasteiger partial charge in [0, 0.05) is 23.6 Å². The van der Waals surface area contributed by atoms with Crippen molar-refractivity contribution in [2.45, 2.75) is 39.3 Å². The van der Waals surface area contributed by atoms with Crippen LogP contribution in [0.2, 0.25) is 0 Å². The van der Waals surface area contributed by atoms with Gasteiger partial charge in [-0.05, 0) is 50.0 Å². The SMILES string of the molecule is CCN(Cc1ccc(Br)c(C)c1)CC1CCCN1. The van der Waals surface area contributed by atoms with Crippen molar-refractivity contribution in [1.82, 2.24) is 10.2 Å². The molecule has 2 nitrogen and oxygen atoms in total. The van der Waals surface area contributed by atoms with E-state index in [1.807, 2.05) is 0 Å². The highest BCUT2D eigenvalue weighted by molar-refractivity contribution is 9.10. The lowest BCUT2D eigenvalue weighted by Crippen LogP contribution is -2.37. The summed E-state index contributed by atoms with van der Waals surface area (Å²) in [6.07, 6.45) is 2.66. The molecule has 1 saturated heterocycles. The number of hydrogen-bond acceptors (Lipinski definition) is 2. The van der Waals surface area contributed by atoms with Crippen LogP contribution >= 0.6 is 15.9 Å². The van der Waals surface area contributed by atoms with Crippen LogP contribution in [0.1, 0.15) is 30.9 Å². The lowest BCUT2D eigenvalue weighted by Gasteiger charge is -2.24. The van der Waals surface area contributed by atoms with Gasteiger partial charge in [0.25, 0.3) is 0 Å². The molecule has 1 aromatic rings. The van der Waals surface area contributed by atoms with Crippen LogP contribution in [-0.4, -0.2) is 30.6 Å². The Labute approximate surface area is 119 Å². The summed E-state index contributed by atoms with van der Waals surface area (Å²) in [6.45, 7) is 8.95. The lowest BCUT2D eigenvalue weighted by molar-refractivity contribution is 0.253. The molecule has 0 aromatic heterocycles. The molecule has 3 heteroatoms. The van der Waals surface area contributed by atoms with E-state index in [1.54, 1.807) is 0 Å². The van der Waals surface area contributed by atoms with Crippen LogP contribution in [0.3, 0.4) is 0 Å². The van der Waals surface area contributed by atoms with E-state index < -0.39 is 0 Å². The van der Waals surface area contributed by atoms with Crippen LogP contribution in [-0.2, 0) is 6.54 Å². The molecule has 2 rings (SSSR count). The molecule has 0 aliphatic carbocycles. The number of halogens is 1. The van der Waals surface area contributed by atoms with Gasteiger partial charge in [-0.25, -0.2) is 0 Å². The molecule has 1 fully saturated rings. The summed E-state index contributed by atoms with van der Waals surface area (Å²) in [7, 11) is 0. The summed E-state index contributed by atoms with van der Waals surface area (Å²) in [5, 5.41) is 3.58. The van der Waals surface area contributed by atoms with Crippen molar-refractivity contribution in [3.8, 4) is 0 Å². The molecule has 1 aromatic carbocycles. The van der Waals surface area contributed by atoms with Gasteiger partial charge in [0.05, 0.1) is 0 Å². The highest BCUT2D eigenvalue weighted by atomic mass is 79.9. The van der Waals surface area contributed by atoms with E-state index >= 15 is 0 Å². The normalized spacial score (nSPS) is 19.7. The maximum atomic E-state index is 3.58. The number of likely N-dealkylation sites (N-methyl/N-ethyl adjacent to an activating group) is 1. The van der Waals surface area contributed by atoms with Crippen LogP contribution in [0.4, 0.5) is 0 Å². The van der Waals surface area contributed by atoms with Gasteiger partial charge in [-0.15, -0.1) is 0 Å². The van der Waals surface area contributed by atoms with Crippen LogP contribution in [0, 0.1) is 6.92 Å². The second-order valence-electron chi connectivity index (χ2n) is 5.20. The van der Waals surface area contributed by atoms with Crippen molar-refractivity contribution >= 4 is 15.9 Å². The average molecular weight is 311 g/mol. The average Bonchev–Trinajstić information content (AvgIpc) is 2.86. The van der Waals surface area contributed by atoms with Gasteiger partial charge >= 0.3 is 0 Å². The van der Waals surface area contributed by atoms with Gasteiger partial charge < -0.3 is 5.32 Å². The van der Waals surface area contributed by atoms with Gasteiger partial charge in [0.1, 0.15) is 0 Å². The predicted octanol–water partition coefficient (Wildman–Crippen LogP) is 3.33. The molecule has 0 bridgehead atoms. The summed E-state index contributed by atoms with van der Waals surface area (Å²) in [6, 6.07) is 7.37. The summed E-state index contributed by atoms with van der Waals surface area (Å²) in [4.78, 5) is 2.53. The molecule has 1 aliphatic rings. The maximum Gasteiger partial charge on any atom is 0.0234 e. The molecule has 0 spiro atoms. The molecular formula is C15H23BrN2. The number of nitrogens with zero attached hydrogens (tertiary/aromatic N) is 1. The molecule has 18 heavy (non-hydrogen) atoms. The molecule has 1 atom stereocenters. The van der Waals surface area contributed by atoms with Gasteiger partial charge in [-0.1, -0.05) is 35.0 Å². The standard InChI is InChI=1S/C15H23BrN2/c1-3-18(11-14-5-4-8-17-14)10-13-6-7-15(16)12(2)9-13/h6-7,9,14,17H,3-5,8,10-11H2,1-2H3. The first-order valence-corrected chi connectivity index (χ1v) is 7.69. The molecule has 0 amide bonds. The Bertz CT molecular complexity index is 386. The first-order valence-electron chi connectivity index (χ1n) is 6.90. The largest absolute Gasteiger partial charge is 0.313 e. The van der Waals surface area contributed by atoms with Crippen molar-refractivity contribution in [2.24, 2.45) is 0 Å². The van der Waals surface area contributed by atoms with Crippen molar-refractivity contribution in [1.29, 1.82) is 0 Å². The van der Waals surface area contributed by atoms with Crippen LogP contribution in [0.15, 0.2) is 22.7 Å². The summed E-state index contributed by atoms with van der Waals surface area (Å²) in [5.41, 5.74) is 2.73. The monoisotopic (exact) mass is 310 g/mol. The minimum absolute atomic E-state index is 0.696. The van der Waals surface area contributed by atoms with E-state index in [0.717, 1.165) is 13.1 Å². The Kier molecular flexibility index (Phi) is 5.22. The second-order valence-corrected chi connectivity index (χ2v) is 6.06. The van der Waals surface area contributed by atoms with E-state index in [9.17, 15) is 0 Å². The van der Waals surface area contributed by atoms with E-state index in [4.69, 9.17) is 0 Å². The molecule has 1 N–H and O–H groups in total. The van der Waals surface area contributed by atoms with Crippen molar-refractivity contribution in [3.63, 3.8) is 0 Å². The van der Waals surface area contributed by atoms with Crippen LogP contribution in [0.25, 0.3) is 0 Å². The Morgan fingerprint density at radius 2 is 2.28 bits per heavy atom. The molecule has 0 saturated carbocycles. The Morgan fingerprint density at radius 1 is 1.44 bits per heavy atom. The third-order valence-electron chi connectivity index (χ3n) is 3.72. The summed E-state index contributed by atoms with van der Waals surface area (Å²) in [5.74, 6) is 0. The van der Waals surface area contributed by atoms with Crippen LogP contribution in [0.5, 0.6) is 0 Å². The number of benzene rings is 1. The topological polar surface area (TPSA) is 15.3 Å². The summed E-state index contributed by atoms with van der Waals surface area (Å²) < 4.78 is 1.20. The molecular weight excluding hydrogens is 288 g/mol. The highest BCUT2D eigenvalue weighted by Gasteiger charge is 2.17. The zero-order valence-electron chi connectivity index (χ0n) is 11.4. The minimum atomic E-state index is 0.696. The van der Waals surface area contributed by atoms with Crippen molar-refractivity contribution in [2.75, 3.05) is 19.6 Å². The first-order chi connectivity index (χ1) is 8.69. The highest BCUT2D eigenvalue weighted by Crippen LogP contribution is 2.18. The number of aryl methyl sites for hydroxylation is 1. The minimum Gasteiger partial charge on any atom is -0.313 e. The van der Waals surface area contributed by atoms with E-state index in [2.05, 4.69) is 58.2 Å². The fourth-order valence-corrected chi connectivity index (χ4v) is 2.84. The second kappa shape index (κ2) is 6.69. The van der Waals surface area contributed by atoms with Gasteiger partial charge in [0.15, 0.2) is 0 Å². The van der Waals surface area contributed by atoms with Crippen molar-refractivity contribution in [3.05, 3.63) is 33.8 Å². The van der Waals surface area contributed by atoms with E-state index in [-0.39, 0.29) is 0 Å². The third-order valence-corrected chi connectivity index (χ3v) is 4.61. The number of rotatable bonds is 5. The zero-order chi connectivity index (χ0) is 13.0. The fraction of sp³-hybridized carbons (Fsp3) is 0.600. The zero-order valence-corrected chi connectivity index (χ0v) is 13.0. The molecule has 1 unspecified atom stereocenters. The third kappa shape index (κ3) is 3.81. The van der Waals surface area contributed by atoms with Gasteiger partial charge in [0.2, 0.25) is 0 Å². The molecule has 1 heterocycles. The Hall–Kier alpha value is -0.380. The van der Waals surface area contributed by atoms with Gasteiger partial charge in [-0.2, -0.15) is 0 Å². The molecule has 0 radical (unpaired) electrons. The quantitative estimate of drug-likeness (QED) is 0.897. The number of nitrogens with one attached hydrogen (secondary N) is 1. The predicted molar refractivity (Wildman–Crippen MR) is 80.9 cm³/mol. The van der Waals surface area contributed by atoms with E-state index in [1.165, 1.54) is 41.5 Å². The smallest absolute Gasteiger partial charge is 0.0234 e. The van der Waals surface area contributed by atoms with Crippen LogP contribution < -0.4 is 5.32 Å². The number of hydrogen-bond donors (Lipinski definition) is 1.